The van der Waals surface area contributed by atoms with Crippen LogP contribution in [0.3, 0.4) is 0 Å². The Morgan fingerprint density at radius 1 is 1.31 bits per heavy atom. The molecule has 13 heavy (non-hydrogen) atoms. The molecule has 1 heterocycles. The highest BCUT2D eigenvalue weighted by atomic mass is 127. The van der Waals surface area contributed by atoms with E-state index in [1.165, 1.54) is 0 Å². The average Bonchev–Trinajstić information content (AvgIpc) is 2.08. The van der Waals surface area contributed by atoms with E-state index in [0.717, 1.165) is 20.0 Å². The summed E-state index contributed by atoms with van der Waals surface area (Å²) in [5, 5.41) is 1.08. The highest BCUT2D eigenvalue weighted by molar-refractivity contribution is 14.1. The summed E-state index contributed by atoms with van der Waals surface area (Å²) in [5.74, 6) is 0. The van der Waals surface area contributed by atoms with E-state index in [0.29, 0.717) is 0 Å². The lowest BCUT2D eigenvalue weighted by molar-refractivity contribution is 1.23. The SMILES string of the molecule is Cc1cc2ccc(I)cc2[nH]c1=O. The van der Waals surface area contributed by atoms with E-state index in [9.17, 15) is 4.79 Å². The monoisotopic (exact) mass is 285 g/mol. The van der Waals surface area contributed by atoms with Gasteiger partial charge in [-0.25, -0.2) is 0 Å². The summed E-state index contributed by atoms with van der Waals surface area (Å²) in [6, 6.07) is 7.92. The zero-order valence-corrected chi connectivity index (χ0v) is 9.25. The molecule has 0 aliphatic carbocycles. The summed E-state index contributed by atoms with van der Waals surface area (Å²) in [6.45, 7) is 1.82. The summed E-state index contributed by atoms with van der Waals surface area (Å²) >= 11 is 2.23. The number of hydrogen-bond acceptors (Lipinski definition) is 1. The van der Waals surface area contributed by atoms with Crippen LogP contribution in [0.4, 0.5) is 0 Å². The Bertz CT molecular complexity index is 516. The number of pyridine rings is 1. The zero-order chi connectivity index (χ0) is 9.42. The minimum absolute atomic E-state index is 0.00509. The summed E-state index contributed by atoms with van der Waals surface area (Å²) in [4.78, 5) is 14.1. The van der Waals surface area contributed by atoms with Gasteiger partial charge in [0.1, 0.15) is 0 Å². The molecule has 0 aliphatic rings. The van der Waals surface area contributed by atoms with Crippen LogP contribution in [0.2, 0.25) is 0 Å². The van der Waals surface area contributed by atoms with Gasteiger partial charge in [-0.3, -0.25) is 4.79 Å². The molecule has 0 bridgehead atoms. The lowest BCUT2D eigenvalue weighted by Gasteiger charge is -1.99. The quantitative estimate of drug-likeness (QED) is 0.741. The van der Waals surface area contributed by atoms with Crippen molar-refractivity contribution < 1.29 is 0 Å². The fourth-order valence-electron chi connectivity index (χ4n) is 1.28. The van der Waals surface area contributed by atoms with Crippen LogP contribution in [-0.4, -0.2) is 4.98 Å². The highest BCUT2D eigenvalue weighted by Gasteiger charge is 1.98. The Morgan fingerprint density at radius 3 is 2.85 bits per heavy atom. The van der Waals surface area contributed by atoms with Gasteiger partial charge in [0.25, 0.3) is 5.56 Å². The second kappa shape index (κ2) is 3.14. The van der Waals surface area contributed by atoms with E-state index >= 15 is 0 Å². The van der Waals surface area contributed by atoms with Crippen molar-refractivity contribution >= 4 is 33.5 Å². The second-order valence-electron chi connectivity index (χ2n) is 3.01. The predicted octanol–water partition coefficient (Wildman–Crippen LogP) is 2.44. The van der Waals surface area contributed by atoms with E-state index in [4.69, 9.17) is 0 Å². The smallest absolute Gasteiger partial charge is 0.251 e. The summed E-state index contributed by atoms with van der Waals surface area (Å²) < 4.78 is 1.13. The largest absolute Gasteiger partial charge is 0.322 e. The Morgan fingerprint density at radius 2 is 2.08 bits per heavy atom. The van der Waals surface area contributed by atoms with Gasteiger partial charge in [-0.15, -0.1) is 0 Å². The Balaban J connectivity index is 2.89. The third-order valence-electron chi connectivity index (χ3n) is 1.99. The van der Waals surface area contributed by atoms with Crippen LogP contribution in [0.25, 0.3) is 10.9 Å². The molecule has 0 amide bonds. The molecule has 1 N–H and O–H groups in total. The molecule has 66 valence electrons. The van der Waals surface area contributed by atoms with Crippen molar-refractivity contribution in [3.63, 3.8) is 0 Å². The molecule has 0 saturated heterocycles. The van der Waals surface area contributed by atoms with E-state index in [2.05, 4.69) is 27.6 Å². The maximum Gasteiger partial charge on any atom is 0.251 e. The molecular weight excluding hydrogens is 277 g/mol. The molecule has 1 aromatic carbocycles. The standard InChI is InChI=1S/C10H8INO/c1-6-4-7-2-3-8(11)5-9(7)12-10(6)13/h2-5H,1H3,(H,12,13). The number of H-pyrrole nitrogens is 1. The number of hydrogen-bond donors (Lipinski definition) is 1. The van der Waals surface area contributed by atoms with Gasteiger partial charge in [0.15, 0.2) is 0 Å². The second-order valence-corrected chi connectivity index (χ2v) is 4.26. The van der Waals surface area contributed by atoms with Crippen molar-refractivity contribution in [2.24, 2.45) is 0 Å². The maximum atomic E-state index is 11.3. The number of fused-ring (bicyclic) bond motifs is 1. The first-order valence-electron chi connectivity index (χ1n) is 3.96. The van der Waals surface area contributed by atoms with Crippen LogP contribution < -0.4 is 5.56 Å². The molecule has 3 heteroatoms. The topological polar surface area (TPSA) is 32.9 Å². The lowest BCUT2D eigenvalue weighted by Crippen LogP contribution is -2.08. The van der Waals surface area contributed by atoms with Gasteiger partial charge >= 0.3 is 0 Å². The molecule has 0 fully saturated rings. The Hall–Kier alpha value is -0.840. The molecule has 0 spiro atoms. The maximum absolute atomic E-state index is 11.3. The molecule has 1 aromatic heterocycles. The van der Waals surface area contributed by atoms with Gasteiger partial charge in [-0.2, -0.15) is 0 Å². The molecule has 2 aromatic rings. The molecule has 0 aliphatic heterocycles. The first kappa shape index (κ1) is 8.74. The van der Waals surface area contributed by atoms with Gasteiger partial charge < -0.3 is 4.98 Å². The van der Waals surface area contributed by atoms with Gasteiger partial charge in [0.2, 0.25) is 0 Å². The van der Waals surface area contributed by atoms with Crippen LogP contribution in [0.5, 0.6) is 0 Å². The van der Waals surface area contributed by atoms with Gasteiger partial charge in [-0.05, 0) is 53.1 Å². The van der Waals surface area contributed by atoms with Gasteiger partial charge in [-0.1, -0.05) is 6.07 Å². The molecular formula is C10H8INO. The molecule has 0 unspecified atom stereocenters. The molecule has 0 radical (unpaired) electrons. The van der Waals surface area contributed by atoms with Crippen LogP contribution >= 0.6 is 22.6 Å². The number of aromatic nitrogens is 1. The normalized spacial score (nSPS) is 10.6. The summed E-state index contributed by atoms with van der Waals surface area (Å²) in [5.41, 5.74) is 1.66. The first-order valence-corrected chi connectivity index (χ1v) is 5.04. The Kier molecular flexibility index (Phi) is 2.11. The van der Waals surface area contributed by atoms with Crippen molar-refractivity contribution in [1.82, 2.24) is 4.98 Å². The number of halogens is 1. The van der Waals surface area contributed by atoms with E-state index in [1.807, 2.05) is 31.2 Å². The van der Waals surface area contributed by atoms with Gasteiger partial charge in [0, 0.05) is 14.7 Å². The number of benzene rings is 1. The van der Waals surface area contributed by atoms with E-state index < -0.39 is 0 Å². The van der Waals surface area contributed by atoms with Crippen LogP contribution in [0.1, 0.15) is 5.56 Å². The van der Waals surface area contributed by atoms with Crippen molar-refractivity contribution in [3.05, 3.63) is 43.8 Å². The third kappa shape index (κ3) is 1.60. The molecule has 0 saturated carbocycles. The fraction of sp³-hybridized carbons (Fsp3) is 0.100. The highest BCUT2D eigenvalue weighted by Crippen LogP contribution is 2.14. The average molecular weight is 285 g/mol. The van der Waals surface area contributed by atoms with Crippen molar-refractivity contribution in [2.75, 3.05) is 0 Å². The van der Waals surface area contributed by atoms with Crippen LogP contribution in [0, 0.1) is 10.5 Å². The number of rotatable bonds is 0. The minimum atomic E-state index is -0.00509. The van der Waals surface area contributed by atoms with Crippen LogP contribution in [-0.2, 0) is 0 Å². The molecule has 2 nitrogen and oxygen atoms in total. The number of aromatic amines is 1. The van der Waals surface area contributed by atoms with Crippen LogP contribution in [0.15, 0.2) is 29.1 Å². The van der Waals surface area contributed by atoms with Crippen molar-refractivity contribution in [2.45, 2.75) is 6.92 Å². The fourth-order valence-corrected chi connectivity index (χ4v) is 1.77. The number of nitrogens with one attached hydrogen (secondary N) is 1. The molecule has 0 atom stereocenters. The Labute approximate surface area is 89.1 Å². The summed E-state index contributed by atoms with van der Waals surface area (Å²) in [6.07, 6.45) is 0. The van der Waals surface area contributed by atoms with Crippen molar-refractivity contribution in [3.8, 4) is 0 Å². The van der Waals surface area contributed by atoms with E-state index in [-0.39, 0.29) is 5.56 Å². The van der Waals surface area contributed by atoms with Crippen molar-refractivity contribution in [1.29, 1.82) is 0 Å². The predicted molar refractivity (Wildman–Crippen MR) is 62.0 cm³/mol. The van der Waals surface area contributed by atoms with Gasteiger partial charge in [0.05, 0.1) is 0 Å². The zero-order valence-electron chi connectivity index (χ0n) is 7.10. The van der Waals surface area contributed by atoms with E-state index in [1.54, 1.807) is 0 Å². The first-order chi connectivity index (χ1) is 6.16. The third-order valence-corrected chi connectivity index (χ3v) is 2.66. The lowest BCUT2D eigenvalue weighted by atomic mass is 10.2. The molecule has 2 rings (SSSR count). The summed E-state index contributed by atoms with van der Waals surface area (Å²) in [7, 11) is 0. The minimum Gasteiger partial charge on any atom is -0.322 e. The number of aryl methyl sites for hydroxylation is 1.